The monoisotopic (exact) mass is 490 g/mol. The number of halogens is 1. The molecule has 1 aliphatic carbocycles. The van der Waals surface area contributed by atoms with Crippen molar-refractivity contribution in [3.8, 4) is 5.75 Å². The van der Waals surface area contributed by atoms with Gasteiger partial charge in [0.05, 0.1) is 18.3 Å². The molecule has 0 amide bonds. The lowest BCUT2D eigenvalue weighted by Crippen LogP contribution is -2.26. The Bertz CT molecular complexity index is 704. The summed E-state index contributed by atoms with van der Waals surface area (Å²) in [5.74, 6) is 0.225. The minimum absolute atomic E-state index is 0.0237. The van der Waals surface area contributed by atoms with Crippen LogP contribution in [-0.2, 0) is 13.8 Å². The fourth-order valence-electron chi connectivity index (χ4n) is 4.09. The van der Waals surface area contributed by atoms with Crippen LogP contribution in [-0.4, -0.2) is 41.1 Å². The summed E-state index contributed by atoms with van der Waals surface area (Å²) in [5.41, 5.74) is 0. The molecule has 0 aliphatic heterocycles. The van der Waals surface area contributed by atoms with E-state index in [4.69, 9.17) is 30.5 Å². The van der Waals surface area contributed by atoms with E-state index in [0.29, 0.717) is 30.2 Å². The molecule has 1 aromatic rings. The highest BCUT2D eigenvalue weighted by Gasteiger charge is 2.41. The third kappa shape index (κ3) is 9.34. The standard InChI is InChI=1S/C22H33ClO6P2/c23-15-6-5-7-16(12-15)27-14-17(28-30)10-11-19-18(20(24)13-21(19)29-31)8-3-1-2-4-9-22(25)26/h1,3,5-7,12,17-21,24H,2,4,8-11,13-14,30-31H2,(H,25,26)/t17?,18-,19-,20?,21?/m1/s1. The van der Waals surface area contributed by atoms with E-state index >= 15 is 0 Å². The molecule has 2 N–H and O–H groups in total. The van der Waals surface area contributed by atoms with Gasteiger partial charge in [0.15, 0.2) is 0 Å². The lowest BCUT2D eigenvalue weighted by molar-refractivity contribution is -0.137. The first kappa shape index (κ1) is 26.5. The number of rotatable bonds is 14. The molecule has 174 valence electrons. The zero-order valence-electron chi connectivity index (χ0n) is 17.6. The van der Waals surface area contributed by atoms with Crippen LogP contribution >= 0.6 is 30.5 Å². The number of ether oxygens (including phenoxy) is 1. The Balaban J connectivity index is 1.85. The maximum Gasteiger partial charge on any atom is 0.303 e. The van der Waals surface area contributed by atoms with Crippen molar-refractivity contribution in [2.24, 2.45) is 11.8 Å². The largest absolute Gasteiger partial charge is 0.491 e. The van der Waals surface area contributed by atoms with Crippen molar-refractivity contribution >= 4 is 36.5 Å². The van der Waals surface area contributed by atoms with Crippen molar-refractivity contribution in [1.82, 2.24) is 0 Å². The normalized spacial score (nSPS) is 24.5. The number of unbranched alkanes of at least 4 members (excludes halogenated alkanes) is 1. The van der Waals surface area contributed by atoms with Gasteiger partial charge in [0.1, 0.15) is 12.4 Å². The van der Waals surface area contributed by atoms with Gasteiger partial charge in [-0.3, -0.25) is 4.79 Å². The third-order valence-electron chi connectivity index (χ3n) is 5.75. The highest BCUT2D eigenvalue weighted by Crippen LogP contribution is 2.41. The number of aliphatic carboxylic acids is 1. The first-order valence-corrected chi connectivity index (χ1v) is 11.9. The van der Waals surface area contributed by atoms with Gasteiger partial charge in [0.25, 0.3) is 0 Å². The van der Waals surface area contributed by atoms with Crippen molar-refractivity contribution in [1.29, 1.82) is 0 Å². The summed E-state index contributed by atoms with van der Waals surface area (Å²) >= 11 is 6.00. The second-order valence-electron chi connectivity index (χ2n) is 7.90. The first-order chi connectivity index (χ1) is 14.9. The summed E-state index contributed by atoms with van der Waals surface area (Å²) in [6.45, 7) is 0.402. The highest BCUT2D eigenvalue weighted by atomic mass is 35.5. The van der Waals surface area contributed by atoms with E-state index in [1.54, 1.807) is 12.1 Å². The number of hydrogen-bond acceptors (Lipinski definition) is 5. The van der Waals surface area contributed by atoms with E-state index < -0.39 is 12.1 Å². The van der Waals surface area contributed by atoms with E-state index in [1.807, 2.05) is 18.2 Å². The fourth-order valence-corrected chi connectivity index (χ4v) is 4.80. The van der Waals surface area contributed by atoms with Crippen LogP contribution in [0.2, 0.25) is 5.02 Å². The van der Waals surface area contributed by atoms with Crippen LogP contribution in [0.25, 0.3) is 0 Å². The average Bonchev–Trinajstić information content (AvgIpc) is 3.05. The molecule has 1 aliphatic rings. The van der Waals surface area contributed by atoms with Gasteiger partial charge in [-0.25, -0.2) is 0 Å². The molecule has 6 nitrogen and oxygen atoms in total. The minimum atomic E-state index is -0.773. The smallest absolute Gasteiger partial charge is 0.303 e. The van der Waals surface area contributed by atoms with E-state index in [0.717, 1.165) is 25.7 Å². The number of allylic oxidation sites excluding steroid dienone is 2. The molecule has 2 rings (SSSR count). The maximum atomic E-state index is 10.6. The van der Waals surface area contributed by atoms with Gasteiger partial charge in [-0.05, 0) is 62.1 Å². The van der Waals surface area contributed by atoms with Crippen molar-refractivity contribution in [3.63, 3.8) is 0 Å². The Morgan fingerprint density at radius 3 is 2.77 bits per heavy atom. The number of hydrogen-bond donors (Lipinski definition) is 2. The minimum Gasteiger partial charge on any atom is -0.491 e. The Kier molecular flexibility index (Phi) is 12.3. The lowest BCUT2D eigenvalue weighted by Gasteiger charge is -2.26. The van der Waals surface area contributed by atoms with Crippen LogP contribution in [0.5, 0.6) is 5.75 Å². The molecule has 7 atom stereocenters. The van der Waals surface area contributed by atoms with Crippen LogP contribution in [0.1, 0.15) is 44.9 Å². The maximum absolute atomic E-state index is 10.6. The summed E-state index contributed by atoms with van der Waals surface area (Å²) in [6, 6.07) is 7.27. The summed E-state index contributed by atoms with van der Waals surface area (Å²) in [5, 5.41) is 19.9. The topological polar surface area (TPSA) is 85.2 Å². The molecule has 0 spiro atoms. The Morgan fingerprint density at radius 2 is 2.10 bits per heavy atom. The summed E-state index contributed by atoms with van der Waals surface area (Å²) in [7, 11) is 4.64. The first-order valence-electron chi connectivity index (χ1n) is 10.6. The summed E-state index contributed by atoms with van der Waals surface area (Å²) < 4.78 is 16.9. The SMILES string of the molecule is O=C(O)CCCC=CC[C@H]1C(O)CC(OP)[C@@H]1CCC(COc1cccc(Cl)c1)OP. The number of aliphatic hydroxyl groups is 1. The van der Waals surface area contributed by atoms with Crippen molar-refractivity contribution in [2.45, 2.75) is 63.3 Å². The molecule has 31 heavy (non-hydrogen) atoms. The van der Waals surface area contributed by atoms with E-state index in [-0.39, 0.29) is 30.5 Å². The van der Waals surface area contributed by atoms with Crippen molar-refractivity contribution in [3.05, 3.63) is 41.4 Å². The van der Waals surface area contributed by atoms with Crippen molar-refractivity contribution in [2.75, 3.05) is 6.61 Å². The molecule has 0 saturated heterocycles. The van der Waals surface area contributed by atoms with Gasteiger partial charge in [-0.1, -0.05) is 29.8 Å². The number of carbonyl (C=O) groups is 1. The second-order valence-corrected chi connectivity index (χ2v) is 8.88. The number of benzene rings is 1. The van der Waals surface area contributed by atoms with Crippen LogP contribution in [0.4, 0.5) is 0 Å². The number of carboxylic acids is 1. The predicted molar refractivity (Wildman–Crippen MR) is 128 cm³/mol. The number of aliphatic hydroxyl groups excluding tert-OH is 1. The van der Waals surface area contributed by atoms with Gasteiger partial charge in [0, 0.05) is 36.8 Å². The van der Waals surface area contributed by atoms with Gasteiger partial charge in [0.2, 0.25) is 0 Å². The average molecular weight is 491 g/mol. The number of carboxylic acid groups (broad SMARTS) is 1. The van der Waals surface area contributed by atoms with Crippen LogP contribution in [0.15, 0.2) is 36.4 Å². The molecule has 0 heterocycles. The highest BCUT2D eigenvalue weighted by molar-refractivity contribution is 7.10. The molecule has 0 bridgehead atoms. The molecule has 1 saturated carbocycles. The third-order valence-corrected chi connectivity index (χ3v) is 6.72. The second kappa shape index (κ2) is 14.4. The fraction of sp³-hybridized carbons (Fsp3) is 0.591. The molecular formula is C22H33ClO6P2. The zero-order chi connectivity index (χ0) is 22.6. The summed E-state index contributed by atoms with van der Waals surface area (Å²) in [4.78, 5) is 10.6. The van der Waals surface area contributed by atoms with Gasteiger partial charge in [-0.2, -0.15) is 0 Å². The quantitative estimate of drug-likeness (QED) is 0.216. The van der Waals surface area contributed by atoms with Crippen LogP contribution < -0.4 is 4.74 Å². The van der Waals surface area contributed by atoms with Gasteiger partial charge < -0.3 is 24.0 Å². The molecule has 0 aromatic heterocycles. The van der Waals surface area contributed by atoms with Gasteiger partial charge in [-0.15, -0.1) is 0 Å². The molecule has 0 radical (unpaired) electrons. The lowest BCUT2D eigenvalue weighted by atomic mass is 9.86. The van der Waals surface area contributed by atoms with Gasteiger partial charge >= 0.3 is 5.97 Å². The molecule has 1 aromatic carbocycles. The van der Waals surface area contributed by atoms with Crippen LogP contribution in [0, 0.1) is 11.8 Å². The van der Waals surface area contributed by atoms with E-state index in [2.05, 4.69) is 25.0 Å². The van der Waals surface area contributed by atoms with Crippen LogP contribution in [0.3, 0.4) is 0 Å². The zero-order valence-corrected chi connectivity index (χ0v) is 20.6. The summed E-state index contributed by atoms with van der Waals surface area (Å²) in [6.07, 6.45) is 8.00. The molecule has 1 fully saturated rings. The van der Waals surface area contributed by atoms with E-state index in [1.165, 1.54) is 0 Å². The Hall–Kier alpha value is -0.740. The van der Waals surface area contributed by atoms with Crippen molar-refractivity contribution < 1.29 is 28.8 Å². The molecular weight excluding hydrogens is 458 g/mol. The Labute approximate surface area is 194 Å². The van der Waals surface area contributed by atoms with E-state index in [9.17, 15) is 9.90 Å². The Morgan fingerprint density at radius 1 is 1.29 bits per heavy atom. The molecule has 9 heteroatoms. The predicted octanol–water partition coefficient (Wildman–Crippen LogP) is 5.05. The molecule has 5 unspecified atom stereocenters.